The Hall–Kier alpha value is -3.50. The maximum atomic E-state index is 14.3. The van der Waals surface area contributed by atoms with Crippen LogP contribution in [0.25, 0.3) is 0 Å². The van der Waals surface area contributed by atoms with E-state index in [2.05, 4.69) is 19.9 Å². The van der Waals surface area contributed by atoms with Crippen LogP contribution in [0.1, 0.15) is 33.1 Å². The van der Waals surface area contributed by atoms with Crippen LogP contribution in [-0.2, 0) is 16.6 Å². The van der Waals surface area contributed by atoms with Gasteiger partial charge in [0, 0.05) is 53.6 Å². The number of likely N-dealkylation sites (tertiary alicyclic amines) is 1. The Morgan fingerprint density at radius 2 is 1.61 bits per heavy atom. The fourth-order valence-corrected chi connectivity index (χ4v) is 6.57. The number of aromatic nitrogens is 1. The molecule has 0 atom stereocenters. The molecule has 0 aliphatic carbocycles. The molecule has 212 valence electrons. The molecule has 0 bridgehead atoms. The van der Waals surface area contributed by atoms with Crippen molar-refractivity contribution in [1.29, 1.82) is 0 Å². The van der Waals surface area contributed by atoms with E-state index in [1.807, 2.05) is 48.5 Å². The first-order chi connectivity index (χ1) is 19.6. The van der Waals surface area contributed by atoms with Crippen LogP contribution >= 0.6 is 23.2 Å². The summed E-state index contributed by atoms with van der Waals surface area (Å²) in [7, 11) is -3.82. The van der Waals surface area contributed by atoms with Crippen molar-refractivity contribution in [1.82, 2.24) is 15.2 Å². The van der Waals surface area contributed by atoms with E-state index < -0.39 is 21.7 Å². The maximum Gasteiger partial charge on any atom is 0.251 e. The zero-order valence-corrected chi connectivity index (χ0v) is 24.1. The molecule has 1 aliphatic rings. The van der Waals surface area contributed by atoms with Crippen LogP contribution in [0.5, 0.6) is 0 Å². The molecule has 1 amide bonds. The van der Waals surface area contributed by atoms with E-state index in [1.54, 1.807) is 24.5 Å². The number of halogens is 3. The smallest absolute Gasteiger partial charge is 0.251 e. The van der Waals surface area contributed by atoms with Crippen molar-refractivity contribution in [3.05, 3.63) is 129 Å². The van der Waals surface area contributed by atoms with Crippen LogP contribution < -0.4 is 10.0 Å². The highest BCUT2D eigenvalue weighted by Crippen LogP contribution is 2.36. The lowest BCUT2D eigenvalue weighted by molar-refractivity contribution is 0.0813. The van der Waals surface area contributed by atoms with Crippen molar-refractivity contribution >= 4 is 44.8 Å². The van der Waals surface area contributed by atoms with E-state index in [-0.39, 0.29) is 35.5 Å². The number of hydrogen-bond donors (Lipinski definition) is 2. The Kier molecular flexibility index (Phi) is 8.89. The number of nitrogens with one attached hydrogen (secondary N) is 2. The monoisotopic (exact) mass is 612 g/mol. The summed E-state index contributed by atoms with van der Waals surface area (Å²) in [5.41, 5.74) is 2.85. The molecule has 0 spiro atoms. The van der Waals surface area contributed by atoms with Crippen molar-refractivity contribution in [3.8, 4) is 0 Å². The molecule has 7 nitrogen and oxygen atoms in total. The topological polar surface area (TPSA) is 91.4 Å². The Bertz CT molecular complexity index is 1570. The first-order valence-electron chi connectivity index (χ1n) is 12.9. The van der Waals surface area contributed by atoms with E-state index in [9.17, 15) is 17.6 Å². The molecular formula is C30H27Cl2FN4O3S. The van der Waals surface area contributed by atoms with E-state index in [4.69, 9.17) is 23.2 Å². The van der Waals surface area contributed by atoms with Crippen LogP contribution in [-0.4, -0.2) is 43.1 Å². The molecule has 41 heavy (non-hydrogen) atoms. The highest BCUT2D eigenvalue weighted by molar-refractivity contribution is 7.92. The molecule has 3 aromatic carbocycles. The number of benzene rings is 3. The van der Waals surface area contributed by atoms with Gasteiger partial charge in [0.25, 0.3) is 5.91 Å². The average Bonchev–Trinajstić information content (AvgIpc) is 2.92. The summed E-state index contributed by atoms with van der Waals surface area (Å²) >= 11 is 12.2. The highest BCUT2D eigenvalue weighted by Gasteiger charge is 2.36. The molecule has 1 fully saturated rings. The van der Waals surface area contributed by atoms with Gasteiger partial charge in [-0.1, -0.05) is 53.5 Å². The van der Waals surface area contributed by atoms with Crippen molar-refractivity contribution in [3.63, 3.8) is 0 Å². The van der Waals surface area contributed by atoms with Gasteiger partial charge in [0.15, 0.2) is 0 Å². The molecule has 5 rings (SSSR count). The number of anilines is 1. The second-order valence-electron chi connectivity index (χ2n) is 9.98. The number of hydrogen-bond acceptors (Lipinski definition) is 5. The minimum absolute atomic E-state index is 0.00656. The second kappa shape index (κ2) is 12.6. The molecule has 2 heterocycles. The fourth-order valence-electron chi connectivity index (χ4n) is 4.93. The van der Waals surface area contributed by atoms with Gasteiger partial charge in [-0.15, -0.1) is 0 Å². The van der Waals surface area contributed by atoms with Gasteiger partial charge in [-0.25, -0.2) is 12.8 Å². The minimum atomic E-state index is -3.82. The fraction of sp³-hybridized carbons (Fsp3) is 0.200. The molecule has 11 heteroatoms. The van der Waals surface area contributed by atoms with Crippen molar-refractivity contribution in [2.45, 2.75) is 12.6 Å². The van der Waals surface area contributed by atoms with Gasteiger partial charge < -0.3 is 5.32 Å². The first kappa shape index (κ1) is 29.0. The SMILES string of the molecule is O=C(NCc1cccnc1)c1cc(F)cc(NS(=O)(=O)CC2CN(C(c3ccc(Cl)cc3)c3ccc(Cl)cc3)C2)c1. The van der Waals surface area contributed by atoms with Crippen LogP contribution in [0.4, 0.5) is 10.1 Å². The number of rotatable bonds is 10. The highest BCUT2D eigenvalue weighted by atomic mass is 35.5. The van der Waals surface area contributed by atoms with Crippen LogP contribution in [0.2, 0.25) is 10.0 Å². The molecule has 0 saturated carbocycles. The van der Waals surface area contributed by atoms with E-state index in [1.165, 1.54) is 6.07 Å². The third kappa shape index (κ3) is 7.62. The van der Waals surface area contributed by atoms with Crippen LogP contribution in [0.15, 0.2) is 91.3 Å². The van der Waals surface area contributed by atoms with Gasteiger partial charge in [-0.3, -0.25) is 19.4 Å². The molecule has 0 radical (unpaired) electrons. The number of carbonyl (C=O) groups is 1. The summed E-state index contributed by atoms with van der Waals surface area (Å²) in [5, 5.41) is 3.95. The van der Waals surface area contributed by atoms with Gasteiger partial charge in [-0.2, -0.15) is 0 Å². The summed E-state index contributed by atoms with van der Waals surface area (Å²) < 4.78 is 42.8. The summed E-state index contributed by atoms with van der Waals surface area (Å²) in [6.07, 6.45) is 3.23. The number of amides is 1. The Labute approximate surface area is 248 Å². The quantitative estimate of drug-likeness (QED) is 0.232. The zero-order chi connectivity index (χ0) is 29.0. The lowest BCUT2D eigenvalue weighted by atomic mass is 9.91. The Balaban J connectivity index is 1.22. The molecule has 1 aromatic heterocycles. The summed E-state index contributed by atoms with van der Waals surface area (Å²) in [5.74, 6) is -1.53. The first-order valence-corrected chi connectivity index (χ1v) is 15.3. The van der Waals surface area contributed by atoms with Crippen LogP contribution in [0.3, 0.4) is 0 Å². The number of nitrogens with zero attached hydrogens (tertiary/aromatic N) is 2. The summed E-state index contributed by atoms with van der Waals surface area (Å²) in [4.78, 5) is 18.8. The summed E-state index contributed by atoms with van der Waals surface area (Å²) in [6, 6.07) is 22.1. The molecule has 1 saturated heterocycles. The van der Waals surface area contributed by atoms with Gasteiger partial charge in [0.05, 0.1) is 17.5 Å². The third-order valence-electron chi connectivity index (χ3n) is 6.79. The Morgan fingerprint density at radius 1 is 0.976 bits per heavy atom. The molecule has 2 N–H and O–H groups in total. The van der Waals surface area contributed by atoms with Gasteiger partial charge in [0.2, 0.25) is 10.0 Å². The molecule has 1 aliphatic heterocycles. The standard InChI is InChI=1S/C30H27Cl2FN4O3S/c31-25-7-3-22(4-8-25)29(23-5-9-26(32)10-6-23)37-17-21(18-37)19-41(39,40)36-28-13-24(12-27(33)14-28)30(38)35-16-20-2-1-11-34-15-20/h1-15,21,29,36H,16-19H2,(H,35,38). The minimum Gasteiger partial charge on any atom is -0.348 e. The van der Waals surface area contributed by atoms with E-state index in [0.29, 0.717) is 23.1 Å². The molecule has 0 unspecified atom stereocenters. The van der Waals surface area contributed by atoms with Gasteiger partial charge in [0.1, 0.15) is 5.82 Å². The van der Waals surface area contributed by atoms with Gasteiger partial charge in [-0.05, 0) is 65.2 Å². The third-order valence-corrected chi connectivity index (χ3v) is 8.75. The summed E-state index contributed by atoms with van der Waals surface area (Å²) in [6.45, 7) is 1.29. The van der Waals surface area contributed by atoms with Crippen LogP contribution in [0, 0.1) is 11.7 Å². The lowest BCUT2D eigenvalue weighted by Gasteiger charge is -2.44. The molecule has 4 aromatic rings. The van der Waals surface area contributed by atoms with Crippen molar-refractivity contribution < 1.29 is 17.6 Å². The second-order valence-corrected chi connectivity index (χ2v) is 12.6. The number of carbonyl (C=O) groups excluding carboxylic acids is 1. The molecular weight excluding hydrogens is 586 g/mol. The predicted molar refractivity (Wildman–Crippen MR) is 159 cm³/mol. The average molecular weight is 614 g/mol. The lowest BCUT2D eigenvalue weighted by Crippen LogP contribution is -2.51. The van der Waals surface area contributed by atoms with E-state index in [0.717, 1.165) is 28.8 Å². The van der Waals surface area contributed by atoms with Crippen molar-refractivity contribution in [2.75, 3.05) is 23.6 Å². The number of sulfonamides is 1. The predicted octanol–water partition coefficient (Wildman–Crippen LogP) is 5.92. The van der Waals surface area contributed by atoms with Gasteiger partial charge >= 0.3 is 0 Å². The van der Waals surface area contributed by atoms with E-state index >= 15 is 0 Å². The Morgan fingerprint density at radius 3 is 2.20 bits per heavy atom. The largest absolute Gasteiger partial charge is 0.348 e. The maximum absolute atomic E-state index is 14.3. The normalized spacial score (nSPS) is 14.0. The number of pyridine rings is 1. The zero-order valence-electron chi connectivity index (χ0n) is 21.8. The van der Waals surface area contributed by atoms with Crippen molar-refractivity contribution in [2.24, 2.45) is 5.92 Å².